The van der Waals surface area contributed by atoms with Crippen LogP contribution in [-0.2, 0) is 12.8 Å². The molecule has 2 N–H and O–H groups in total. The Labute approximate surface area is 183 Å². The van der Waals surface area contributed by atoms with Crippen LogP contribution in [0.3, 0.4) is 0 Å². The van der Waals surface area contributed by atoms with Crippen LogP contribution in [0.5, 0.6) is 0 Å². The van der Waals surface area contributed by atoms with Gasteiger partial charge in [0.1, 0.15) is 10.8 Å². The van der Waals surface area contributed by atoms with Crippen LogP contribution in [0.1, 0.15) is 33.6 Å². The maximum atomic E-state index is 13.3. The van der Waals surface area contributed by atoms with E-state index < -0.39 is 0 Å². The molecule has 0 fully saturated rings. The predicted octanol–water partition coefficient (Wildman–Crippen LogP) is 5.97. The molecule has 1 aliphatic carbocycles. The number of carbonyl (C=O) groups is 1. The summed E-state index contributed by atoms with van der Waals surface area (Å²) in [6.45, 7) is 0. The van der Waals surface area contributed by atoms with Gasteiger partial charge in [-0.15, -0.1) is 11.3 Å². The summed E-state index contributed by atoms with van der Waals surface area (Å²) in [4.78, 5) is 27.4. The van der Waals surface area contributed by atoms with Crippen molar-refractivity contribution in [2.45, 2.75) is 25.7 Å². The number of imidazole rings is 1. The van der Waals surface area contributed by atoms with Crippen LogP contribution in [0.4, 0.5) is 5.00 Å². The summed E-state index contributed by atoms with van der Waals surface area (Å²) >= 11 is 1.69. The summed E-state index contributed by atoms with van der Waals surface area (Å²) in [5.41, 5.74) is 5.76. The van der Waals surface area contributed by atoms with E-state index in [0.29, 0.717) is 5.56 Å². The van der Waals surface area contributed by atoms with E-state index in [1.807, 2.05) is 54.6 Å². The van der Waals surface area contributed by atoms with Crippen molar-refractivity contribution >= 4 is 44.2 Å². The smallest absolute Gasteiger partial charge is 0.256 e. The lowest BCUT2D eigenvalue weighted by molar-refractivity contribution is 0.102. The summed E-state index contributed by atoms with van der Waals surface area (Å²) in [7, 11) is 0. The van der Waals surface area contributed by atoms with E-state index in [1.165, 1.54) is 23.3 Å². The Hall–Kier alpha value is -3.51. The monoisotopic (exact) mass is 424 g/mol. The molecule has 3 aromatic heterocycles. The Bertz CT molecular complexity index is 1410. The Morgan fingerprint density at radius 3 is 2.77 bits per heavy atom. The quantitative estimate of drug-likeness (QED) is 0.375. The van der Waals surface area contributed by atoms with E-state index in [9.17, 15) is 4.79 Å². The van der Waals surface area contributed by atoms with Gasteiger partial charge >= 0.3 is 0 Å². The molecule has 31 heavy (non-hydrogen) atoms. The number of carbonyl (C=O) groups excluding carboxylic acids is 1. The first kappa shape index (κ1) is 18.3. The number of H-pyrrole nitrogens is 1. The topological polar surface area (TPSA) is 70.7 Å². The van der Waals surface area contributed by atoms with E-state index in [-0.39, 0.29) is 5.91 Å². The summed E-state index contributed by atoms with van der Waals surface area (Å²) < 4.78 is 0. The second kappa shape index (κ2) is 7.32. The molecule has 0 radical (unpaired) electrons. The van der Waals surface area contributed by atoms with Gasteiger partial charge in [-0.25, -0.2) is 4.98 Å². The fourth-order valence-corrected chi connectivity index (χ4v) is 5.73. The Balaban J connectivity index is 1.46. The van der Waals surface area contributed by atoms with Crippen molar-refractivity contribution in [2.24, 2.45) is 0 Å². The third kappa shape index (κ3) is 3.11. The van der Waals surface area contributed by atoms with Gasteiger partial charge in [-0.05, 0) is 61.6 Å². The third-order valence-electron chi connectivity index (χ3n) is 5.91. The molecule has 6 heteroatoms. The second-order valence-electron chi connectivity index (χ2n) is 7.85. The van der Waals surface area contributed by atoms with Gasteiger partial charge < -0.3 is 10.3 Å². The largest absolute Gasteiger partial charge is 0.338 e. The van der Waals surface area contributed by atoms with Crippen molar-refractivity contribution in [1.82, 2.24) is 15.0 Å². The first-order chi connectivity index (χ1) is 15.3. The standard InChI is InChI=1S/C25H20N4OS/c30-24(16-8-5-12-18-15(16)9-6-14-26-18)29-25-22(17-7-1-4-13-21(17)31-25)23-27-19-10-2-3-11-20(19)28-23/h2-3,5-6,8-12,14H,1,4,7,13H2,(H,27,28)(H,29,30). The molecule has 0 bridgehead atoms. The number of nitrogens with one attached hydrogen (secondary N) is 2. The zero-order chi connectivity index (χ0) is 20.8. The zero-order valence-corrected chi connectivity index (χ0v) is 17.6. The van der Waals surface area contributed by atoms with Crippen LogP contribution < -0.4 is 5.32 Å². The molecule has 0 unspecified atom stereocenters. The van der Waals surface area contributed by atoms with Crippen LogP contribution in [-0.4, -0.2) is 20.9 Å². The van der Waals surface area contributed by atoms with E-state index in [0.717, 1.165) is 51.2 Å². The van der Waals surface area contributed by atoms with Crippen LogP contribution in [0.2, 0.25) is 0 Å². The van der Waals surface area contributed by atoms with Gasteiger partial charge in [-0.1, -0.05) is 24.3 Å². The van der Waals surface area contributed by atoms with Gasteiger partial charge in [0.05, 0.1) is 22.1 Å². The van der Waals surface area contributed by atoms with Crippen molar-refractivity contribution in [3.8, 4) is 11.4 Å². The first-order valence-electron chi connectivity index (χ1n) is 10.5. The van der Waals surface area contributed by atoms with Crippen molar-refractivity contribution in [1.29, 1.82) is 0 Å². The number of rotatable bonds is 3. The maximum absolute atomic E-state index is 13.3. The molecule has 3 heterocycles. The maximum Gasteiger partial charge on any atom is 0.256 e. The number of fused-ring (bicyclic) bond motifs is 3. The Kier molecular flexibility index (Phi) is 4.32. The number of hydrogen-bond acceptors (Lipinski definition) is 4. The van der Waals surface area contributed by atoms with Gasteiger partial charge in [0.15, 0.2) is 0 Å². The van der Waals surface area contributed by atoms with Gasteiger partial charge in [-0.2, -0.15) is 0 Å². The van der Waals surface area contributed by atoms with Gasteiger partial charge in [0.25, 0.3) is 5.91 Å². The zero-order valence-electron chi connectivity index (χ0n) is 16.8. The molecule has 152 valence electrons. The molecule has 0 saturated carbocycles. The summed E-state index contributed by atoms with van der Waals surface area (Å²) in [6, 6.07) is 17.5. The molecular weight excluding hydrogens is 404 g/mol. The van der Waals surface area contributed by atoms with E-state index >= 15 is 0 Å². The number of anilines is 1. The number of hydrogen-bond donors (Lipinski definition) is 2. The number of aryl methyl sites for hydroxylation is 1. The summed E-state index contributed by atoms with van der Waals surface area (Å²) in [5, 5.41) is 4.94. The van der Waals surface area contributed by atoms with Crippen molar-refractivity contribution < 1.29 is 4.79 Å². The molecule has 0 saturated heterocycles. The fraction of sp³-hybridized carbons (Fsp3) is 0.160. The number of benzene rings is 2. The number of amides is 1. The van der Waals surface area contributed by atoms with Crippen LogP contribution in [0.25, 0.3) is 33.3 Å². The number of para-hydroxylation sites is 2. The van der Waals surface area contributed by atoms with Crippen molar-refractivity contribution in [3.05, 3.63) is 76.8 Å². The van der Waals surface area contributed by atoms with Gasteiger partial charge in [-0.3, -0.25) is 9.78 Å². The highest BCUT2D eigenvalue weighted by atomic mass is 32.1. The second-order valence-corrected chi connectivity index (χ2v) is 8.95. The number of nitrogens with zero attached hydrogens (tertiary/aromatic N) is 2. The first-order valence-corrected chi connectivity index (χ1v) is 11.3. The average Bonchev–Trinajstić information content (AvgIpc) is 3.39. The third-order valence-corrected chi connectivity index (χ3v) is 7.12. The number of aromatic nitrogens is 3. The lowest BCUT2D eigenvalue weighted by atomic mass is 9.95. The van der Waals surface area contributed by atoms with E-state index in [1.54, 1.807) is 17.5 Å². The average molecular weight is 425 g/mol. The Morgan fingerprint density at radius 1 is 0.968 bits per heavy atom. The highest BCUT2D eigenvalue weighted by molar-refractivity contribution is 7.17. The summed E-state index contributed by atoms with van der Waals surface area (Å²) in [5.74, 6) is 0.713. The molecule has 0 spiro atoms. The molecular formula is C25H20N4OS. The molecule has 0 aliphatic heterocycles. The molecule has 0 atom stereocenters. The summed E-state index contributed by atoms with van der Waals surface area (Å²) in [6.07, 6.45) is 6.18. The van der Waals surface area contributed by atoms with Gasteiger partial charge in [0, 0.05) is 22.0 Å². The van der Waals surface area contributed by atoms with Crippen LogP contribution >= 0.6 is 11.3 Å². The van der Waals surface area contributed by atoms with Crippen LogP contribution in [0.15, 0.2) is 60.8 Å². The highest BCUT2D eigenvalue weighted by Crippen LogP contribution is 2.44. The van der Waals surface area contributed by atoms with Gasteiger partial charge in [0.2, 0.25) is 0 Å². The minimum Gasteiger partial charge on any atom is -0.338 e. The molecule has 6 rings (SSSR count). The number of pyridine rings is 1. The number of aromatic amines is 1. The highest BCUT2D eigenvalue weighted by Gasteiger charge is 2.25. The lowest BCUT2D eigenvalue weighted by Crippen LogP contribution is -2.12. The molecule has 5 nitrogen and oxygen atoms in total. The SMILES string of the molecule is O=C(Nc1sc2c(c1-c1nc3ccccc3[nH]1)CCCC2)c1cccc2ncccc12. The molecule has 2 aromatic carbocycles. The van der Waals surface area contributed by atoms with Crippen molar-refractivity contribution in [3.63, 3.8) is 0 Å². The van der Waals surface area contributed by atoms with Crippen LogP contribution in [0, 0.1) is 0 Å². The minimum absolute atomic E-state index is 0.116. The minimum atomic E-state index is -0.116. The molecule has 1 amide bonds. The molecule has 1 aliphatic rings. The van der Waals surface area contributed by atoms with Crippen molar-refractivity contribution in [2.75, 3.05) is 5.32 Å². The normalized spacial score (nSPS) is 13.4. The number of thiophene rings is 1. The fourth-order valence-electron chi connectivity index (χ4n) is 4.45. The van der Waals surface area contributed by atoms with E-state index in [2.05, 4.69) is 15.3 Å². The molecule has 5 aromatic rings. The van der Waals surface area contributed by atoms with E-state index in [4.69, 9.17) is 4.98 Å². The predicted molar refractivity (Wildman–Crippen MR) is 126 cm³/mol. The lowest BCUT2D eigenvalue weighted by Gasteiger charge is -2.12. The Morgan fingerprint density at radius 2 is 1.84 bits per heavy atom.